The standard InChI is InChI=1S/C23H27F2N5O3.C2H6/c1-12(11-32-23(24)25)30-20(10-29(4)5)27-18-9-26-17-7-16(21-13(2)28-33-14(21)3)19(31-6)8-15(17)22(18)30;1-2/h7-9,12,23H,10-11H2,1-6H3;1-2H3. The number of aromatic nitrogens is 4. The smallest absolute Gasteiger partial charge is 0.345 e. The Morgan fingerprint density at radius 1 is 1.14 bits per heavy atom. The minimum absolute atomic E-state index is 0.151. The maximum absolute atomic E-state index is 12.8. The molecule has 1 unspecified atom stereocenters. The van der Waals surface area contributed by atoms with Gasteiger partial charge >= 0.3 is 6.61 Å². The molecule has 10 heteroatoms. The van der Waals surface area contributed by atoms with Crippen LogP contribution in [0.5, 0.6) is 5.75 Å². The minimum atomic E-state index is -2.84. The van der Waals surface area contributed by atoms with E-state index in [0.717, 1.165) is 39.1 Å². The van der Waals surface area contributed by atoms with E-state index < -0.39 is 6.61 Å². The van der Waals surface area contributed by atoms with Gasteiger partial charge in [-0.3, -0.25) is 4.98 Å². The van der Waals surface area contributed by atoms with E-state index in [4.69, 9.17) is 14.2 Å². The van der Waals surface area contributed by atoms with Crippen molar-refractivity contribution in [3.63, 3.8) is 0 Å². The van der Waals surface area contributed by atoms with E-state index in [9.17, 15) is 8.78 Å². The third kappa shape index (κ3) is 5.28. The highest BCUT2D eigenvalue weighted by atomic mass is 19.3. The zero-order chi connectivity index (χ0) is 25.9. The van der Waals surface area contributed by atoms with Crippen molar-refractivity contribution in [2.45, 2.75) is 53.8 Å². The molecule has 8 nitrogen and oxygen atoms in total. The topological polar surface area (TPSA) is 78.4 Å². The fourth-order valence-electron chi connectivity index (χ4n) is 4.24. The monoisotopic (exact) mass is 489 g/mol. The molecule has 0 saturated heterocycles. The Bertz CT molecular complexity index is 1280. The van der Waals surface area contributed by atoms with Gasteiger partial charge in [-0.25, -0.2) is 4.98 Å². The molecular weight excluding hydrogens is 456 g/mol. The van der Waals surface area contributed by atoms with Gasteiger partial charge in [0.05, 0.1) is 54.8 Å². The predicted octanol–water partition coefficient (Wildman–Crippen LogP) is 5.75. The van der Waals surface area contributed by atoms with Gasteiger partial charge in [0.15, 0.2) is 0 Å². The van der Waals surface area contributed by atoms with E-state index in [1.165, 1.54) is 0 Å². The van der Waals surface area contributed by atoms with Crippen molar-refractivity contribution in [3.8, 4) is 16.9 Å². The van der Waals surface area contributed by atoms with Crippen molar-refractivity contribution >= 4 is 21.9 Å². The van der Waals surface area contributed by atoms with Gasteiger partial charge in [-0.2, -0.15) is 8.78 Å². The molecule has 0 aliphatic carbocycles. The van der Waals surface area contributed by atoms with Gasteiger partial charge in [-0.1, -0.05) is 19.0 Å². The van der Waals surface area contributed by atoms with Crippen LogP contribution in [0.25, 0.3) is 33.1 Å². The zero-order valence-electron chi connectivity index (χ0n) is 21.5. The van der Waals surface area contributed by atoms with Crippen LogP contribution in [0, 0.1) is 13.8 Å². The first-order valence-corrected chi connectivity index (χ1v) is 11.6. The number of rotatable bonds is 8. The highest BCUT2D eigenvalue weighted by molar-refractivity contribution is 6.05. The van der Waals surface area contributed by atoms with Crippen LogP contribution in [-0.4, -0.2) is 59.0 Å². The van der Waals surface area contributed by atoms with Gasteiger partial charge in [-0.15, -0.1) is 0 Å². The zero-order valence-corrected chi connectivity index (χ0v) is 21.5. The molecule has 3 heterocycles. The molecule has 4 rings (SSSR count). The largest absolute Gasteiger partial charge is 0.496 e. The van der Waals surface area contributed by atoms with Gasteiger partial charge in [0.25, 0.3) is 0 Å². The molecule has 190 valence electrons. The number of nitrogens with zero attached hydrogens (tertiary/aromatic N) is 5. The quantitative estimate of drug-likeness (QED) is 0.312. The lowest BCUT2D eigenvalue weighted by Crippen LogP contribution is -2.20. The third-order valence-electron chi connectivity index (χ3n) is 5.57. The normalized spacial score (nSPS) is 12.5. The molecular formula is C25H33F2N5O3. The molecule has 0 aliphatic rings. The summed E-state index contributed by atoms with van der Waals surface area (Å²) in [5, 5.41) is 4.86. The number of ether oxygens (including phenoxy) is 2. The molecule has 0 spiro atoms. The number of aryl methyl sites for hydroxylation is 2. The lowest BCUT2D eigenvalue weighted by molar-refractivity contribution is -0.135. The van der Waals surface area contributed by atoms with Crippen LogP contribution in [-0.2, 0) is 11.3 Å². The highest BCUT2D eigenvalue weighted by Crippen LogP contribution is 2.39. The van der Waals surface area contributed by atoms with Crippen LogP contribution in [0.1, 0.15) is 44.1 Å². The van der Waals surface area contributed by atoms with E-state index in [0.29, 0.717) is 23.6 Å². The second-order valence-corrected chi connectivity index (χ2v) is 8.34. The van der Waals surface area contributed by atoms with E-state index in [2.05, 4.69) is 14.9 Å². The van der Waals surface area contributed by atoms with Crippen molar-refractivity contribution in [2.75, 3.05) is 27.8 Å². The molecule has 0 radical (unpaired) electrons. The first-order chi connectivity index (χ1) is 16.7. The number of benzene rings is 1. The van der Waals surface area contributed by atoms with Crippen LogP contribution in [0.15, 0.2) is 22.9 Å². The van der Waals surface area contributed by atoms with Gasteiger partial charge in [0.1, 0.15) is 22.9 Å². The van der Waals surface area contributed by atoms with Gasteiger partial charge < -0.3 is 23.5 Å². The summed E-state index contributed by atoms with van der Waals surface area (Å²) in [7, 11) is 5.46. The minimum Gasteiger partial charge on any atom is -0.496 e. The Labute approximate surface area is 203 Å². The first-order valence-electron chi connectivity index (χ1n) is 11.6. The van der Waals surface area contributed by atoms with Crippen LogP contribution in [0.4, 0.5) is 8.78 Å². The van der Waals surface area contributed by atoms with E-state index in [1.54, 1.807) is 13.3 Å². The molecule has 0 fully saturated rings. The summed E-state index contributed by atoms with van der Waals surface area (Å²) in [6.07, 6.45) is 1.71. The van der Waals surface area contributed by atoms with Crippen molar-refractivity contribution < 1.29 is 22.8 Å². The molecule has 1 aromatic carbocycles. The lowest BCUT2D eigenvalue weighted by Gasteiger charge is -2.20. The molecule has 0 amide bonds. The Morgan fingerprint density at radius 3 is 2.43 bits per heavy atom. The number of hydrogen-bond donors (Lipinski definition) is 0. The summed E-state index contributed by atoms with van der Waals surface area (Å²) >= 11 is 0. The maximum atomic E-state index is 12.8. The second kappa shape index (κ2) is 11.1. The van der Waals surface area contributed by atoms with Crippen LogP contribution >= 0.6 is 0 Å². The average Bonchev–Trinajstić information content (AvgIpc) is 3.36. The van der Waals surface area contributed by atoms with E-state index in [-0.39, 0.29) is 12.6 Å². The first kappa shape index (κ1) is 26.5. The SMILES string of the molecule is CC.COc1cc2c(cc1-c1c(C)noc1C)ncc1nc(CN(C)C)n(C(C)COC(F)F)c12. The Kier molecular flexibility index (Phi) is 8.39. The number of pyridine rings is 1. The Morgan fingerprint density at radius 2 is 1.86 bits per heavy atom. The molecule has 1 atom stereocenters. The van der Waals surface area contributed by atoms with E-state index >= 15 is 0 Å². The fraction of sp³-hybridized carbons (Fsp3) is 0.480. The average molecular weight is 490 g/mol. The molecule has 4 aromatic rings. The van der Waals surface area contributed by atoms with Crippen LogP contribution < -0.4 is 4.74 Å². The molecule has 35 heavy (non-hydrogen) atoms. The summed E-state index contributed by atoms with van der Waals surface area (Å²) in [5.74, 6) is 2.05. The number of imidazole rings is 1. The van der Waals surface area contributed by atoms with Crippen LogP contribution in [0.3, 0.4) is 0 Å². The van der Waals surface area contributed by atoms with Crippen molar-refractivity contribution in [2.24, 2.45) is 0 Å². The number of fused-ring (bicyclic) bond motifs is 3. The van der Waals surface area contributed by atoms with Crippen molar-refractivity contribution in [1.29, 1.82) is 0 Å². The summed E-state index contributed by atoms with van der Waals surface area (Å²) in [5.41, 5.74) is 4.62. The van der Waals surface area contributed by atoms with Crippen molar-refractivity contribution in [1.82, 2.24) is 24.6 Å². The predicted molar refractivity (Wildman–Crippen MR) is 132 cm³/mol. The molecule has 0 bridgehead atoms. The number of halogens is 2. The Hall–Kier alpha value is -3.11. The summed E-state index contributed by atoms with van der Waals surface area (Å²) in [6.45, 7) is 7.10. The molecule has 0 saturated carbocycles. The molecule has 0 aliphatic heterocycles. The highest BCUT2D eigenvalue weighted by Gasteiger charge is 2.23. The van der Waals surface area contributed by atoms with Crippen molar-refractivity contribution in [3.05, 3.63) is 35.6 Å². The maximum Gasteiger partial charge on any atom is 0.345 e. The van der Waals surface area contributed by atoms with Crippen LogP contribution in [0.2, 0.25) is 0 Å². The second-order valence-electron chi connectivity index (χ2n) is 8.34. The number of methoxy groups -OCH3 is 1. The summed E-state index contributed by atoms with van der Waals surface area (Å²) < 4.78 is 43.2. The lowest BCUT2D eigenvalue weighted by atomic mass is 10.0. The molecule has 3 aromatic heterocycles. The summed E-state index contributed by atoms with van der Waals surface area (Å²) in [4.78, 5) is 11.4. The Balaban J connectivity index is 0.00000167. The van der Waals surface area contributed by atoms with E-state index in [1.807, 2.05) is 70.3 Å². The van der Waals surface area contributed by atoms with Gasteiger partial charge in [0, 0.05) is 10.9 Å². The van der Waals surface area contributed by atoms with Gasteiger partial charge in [0.2, 0.25) is 0 Å². The summed E-state index contributed by atoms with van der Waals surface area (Å²) in [6, 6.07) is 3.46. The fourth-order valence-corrected chi connectivity index (χ4v) is 4.24. The molecule has 0 N–H and O–H groups in total. The van der Waals surface area contributed by atoms with Gasteiger partial charge in [-0.05, 0) is 47.0 Å². The number of hydrogen-bond acceptors (Lipinski definition) is 7. The number of alkyl halides is 2. The third-order valence-corrected chi connectivity index (χ3v) is 5.57.